The fraction of sp³-hybridized carbons (Fsp3) is 0.667. The van der Waals surface area contributed by atoms with Crippen molar-refractivity contribution in [2.75, 3.05) is 6.61 Å². The van der Waals surface area contributed by atoms with Crippen molar-refractivity contribution < 1.29 is 19.7 Å². The average Bonchev–Trinajstić information content (AvgIpc) is 3.29. The summed E-state index contributed by atoms with van der Waals surface area (Å²) in [6.45, 7) is -0.265. The summed E-state index contributed by atoms with van der Waals surface area (Å²) in [7, 11) is 0. The molecule has 130 valence electrons. The van der Waals surface area contributed by atoms with E-state index in [0.717, 1.165) is 25.7 Å². The lowest BCUT2D eigenvalue weighted by atomic mass is 10.2. The molecule has 2 aliphatic rings. The van der Waals surface area contributed by atoms with E-state index in [2.05, 4.69) is 15.0 Å². The van der Waals surface area contributed by atoms with Crippen molar-refractivity contribution in [2.45, 2.75) is 55.6 Å². The van der Waals surface area contributed by atoms with Crippen LogP contribution in [0, 0.1) is 0 Å². The van der Waals surface area contributed by atoms with E-state index in [1.54, 1.807) is 10.8 Å². The Labute approximate surface area is 143 Å². The number of alkyl halides is 1. The van der Waals surface area contributed by atoms with Crippen LogP contribution in [0.3, 0.4) is 0 Å². The van der Waals surface area contributed by atoms with Crippen LogP contribution in [0.2, 0.25) is 0 Å². The molecule has 24 heavy (non-hydrogen) atoms. The van der Waals surface area contributed by atoms with E-state index in [4.69, 9.17) is 21.1 Å². The number of hydrogen-bond acceptors (Lipinski definition) is 7. The van der Waals surface area contributed by atoms with Crippen molar-refractivity contribution in [3.05, 3.63) is 12.5 Å². The monoisotopic (exact) mass is 354 g/mol. The third-order valence-electron chi connectivity index (χ3n) is 4.61. The zero-order valence-electron chi connectivity index (χ0n) is 13.0. The van der Waals surface area contributed by atoms with E-state index in [0.29, 0.717) is 17.2 Å². The number of nitrogens with zero attached hydrogens (tertiary/aromatic N) is 4. The molecule has 1 saturated carbocycles. The van der Waals surface area contributed by atoms with E-state index in [9.17, 15) is 10.2 Å². The van der Waals surface area contributed by atoms with Gasteiger partial charge in [-0.2, -0.15) is 4.98 Å². The van der Waals surface area contributed by atoms with Gasteiger partial charge in [0.2, 0.25) is 0 Å². The summed E-state index contributed by atoms with van der Waals surface area (Å²) in [6, 6.07) is 0.296. The topological polar surface area (TPSA) is 103 Å². The minimum absolute atomic E-state index is 0.151. The normalized spacial score (nSPS) is 31.1. The highest BCUT2D eigenvalue weighted by atomic mass is 35.5. The number of ether oxygens (including phenoxy) is 2. The molecule has 9 heteroatoms. The van der Waals surface area contributed by atoms with Crippen molar-refractivity contribution in [2.24, 2.45) is 0 Å². The Morgan fingerprint density at radius 1 is 1.33 bits per heavy atom. The van der Waals surface area contributed by atoms with Gasteiger partial charge in [0.05, 0.1) is 24.5 Å². The summed E-state index contributed by atoms with van der Waals surface area (Å²) in [5.74, 6) is 0. The Kier molecular flexibility index (Phi) is 4.29. The summed E-state index contributed by atoms with van der Waals surface area (Å²) in [5, 5.41) is 18.9. The van der Waals surface area contributed by atoms with E-state index in [-0.39, 0.29) is 12.7 Å². The fourth-order valence-electron chi connectivity index (χ4n) is 3.29. The quantitative estimate of drug-likeness (QED) is 0.790. The van der Waals surface area contributed by atoms with Gasteiger partial charge >= 0.3 is 6.01 Å². The van der Waals surface area contributed by atoms with Gasteiger partial charge < -0.3 is 19.7 Å². The van der Waals surface area contributed by atoms with Crippen molar-refractivity contribution >= 4 is 22.8 Å². The van der Waals surface area contributed by atoms with E-state index < -0.39 is 23.8 Å². The molecule has 3 heterocycles. The number of aliphatic hydroxyl groups excluding tert-OH is 2. The van der Waals surface area contributed by atoms with Gasteiger partial charge in [-0.25, -0.2) is 9.97 Å². The van der Waals surface area contributed by atoms with Crippen LogP contribution < -0.4 is 4.74 Å². The van der Waals surface area contributed by atoms with E-state index in [1.165, 1.54) is 6.33 Å². The van der Waals surface area contributed by atoms with Crippen LogP contribution in [-0.4, -0.2) is 60.0 Å². The number of imidazole rings is 1. The highest BCUT2D eigenvalue weighted by Gasteiger charge is 2.43. The van der Waals surface area contributed by atoms with Crippen LogP contribution in [0.25, 0.3) is 11.2 Å². The Bertz CT molecular complexity index is 721. The minimum atomic E-state index is -0.976. The number of halogens is 1. The van der Waals surface area contributed by atoms with Crippen LogP contribution in [0.5, 0.6) is 6.01 Å². The molecule has 8 nitrogen and oxygen atoms in total. The first kappa shape index (κ1) is 16.0. The molecule has 0 aromatic carbocycles. The van der Waals surface area contributed by atoms with Gasteiger partial charge in [-0.05, 0) is 25.7 Å². The lowest BCUT2D eigenvalue weighted by Gasteiger charge is -2.17. The van der Waals surface area contributed by atoms with Crippen molar-refractivity contribution in [3.63, 3.8) is 0 Å². The molecule has 4 atom stereocenters. The Hall–Kier alpha value is -1.48. The molecule has 4 rings (SSSR count). The third-order valence-corrected chi connectivity index (χ3v) is 5.15. The van der Waals surface area contributed by atoms with Gasteiger partial charge in [0, 0.05) is 0 Å². The van der Waals surface area contributed by atoms with E-state index in [1.807, 2.05) is 0 Å². The Morgan fingerprint density at radius 2 is 2.12 bits per heavy atom. The summed E-state index contributed by atoms with van der Waals surface area (Å²) in [6.07, 6.45) is 5.23. The Balaban J connectivity index is 1.63. The van der Waals surface area contributed by atoms with Crippen LogP contribution >= 0.6 is 11.6 Å². The lowest BCUT2D eigenvalue weighted by Crippen LogP contribution is -2.28. The van der Waals surface area contributed by atoms with E-state index >= 15 is 0 Å². The van der Waals surface area contributed by atoms with Crippen molar-refractivity contribution in [3.8, 4) is 6.01 Å². The van der Waals surface area contributed by atoms with Crippen LogP contribution in [0.15, 0.2) is 12.5 Å². The molecule has 2 fully saturated rings. The van der Waals surface area contributed by atoms with Crippen LogP contribution in [-0.2, 0) is 4.74 Å². The summed E-state index contributed by atoms with van der Waals surface area (Å²) in [4.78, 5) is 12.9. The Morgan fingerprint density at radius 3 is 2.83 bits per heavy atom. The van der Waals surface area contributed by atoms with Gasteiger partial charge in [0.15, 0.2) is 11.9 Å². The molecule has 0 amide bonds. The zero-order chi connectivity index (χ0) is 16.7. The predicted molar refractivity (Wildman–Crippen MR) is 84.9 cm³/mol. The second kappa shape index (κ2) is 6.44. The molecule has 0 unspecified atom stereocenters. The van der Waals surface area contributed by atoms with Gasteiger partial charge in [-0.1, -0.05) is 0 Å². The SMILES string of the molecule is OC[C@H]1O[C@@H](n2cnc3cnc(OC4CCCC4)nc32)[C@H](O)[C@H]1Cl. The van der Waals surface area contributed by atoms with Crippen LogP contribution in [0.1, 0.15) is 31.9 Å². The number of aliphatic hydroxyl groups is 2. The van der Waals surface area contributed by atoms with Crippen molar-refractivity contribution in [1.29, 1.82) is 0 Å². The standard InChI is InChI=1S/C15H19ClN4O4/c16-11-10(6-21)24-14(12(11)22)20-7-18-9-5-17-15(19-13(9)20)23-8-3-1-2-4-8/h5,7-8,10-12,14,21-22H,1-4,6H2/t10-,11+,12-,14-/m1/s1. The first-order chi connectivity index (χ1) is 11.7. The predicted octanol–water partition coefficient (Wildman–Crippen LogP) is 1.01. The van der Waals surface area contributed by atoms with Crippen LogP contribution in [0.4, 0.5) is 0 Å². The number of aromatic nitrogens is 4. The maximum Gasteiger partial charge on any atom is 0.318 e. The number of hydrogen-bond donors (Lipinski definition) is 2. The molecule has 0 spiro atoms. The average molecular weight is 355 g/mol. The zero-order valence-corrected chi connectivity index (χ0v) is 13.7. The smallest absolute Gasteiger partial charge is 0.318 e. The lowest BCUT2D eigenvalue weighted by molar-refractivity contribution is -0.0486. The molecule has 0 radical (unpaired) electrons. The third kappa shape index (κ3) is 2.73. The highest BCUT2D eigenvalue weighted by molar-refractivity contribution is 6.21. The minimum Gasteiger partial charge on any atom is -0.460 e. The second-order valence-corrected chi connectivity index (χ2v) is 6.72. The second-order valence-electron chi connectivity index (χ2n) is 6.22. The highest BCUT2D eigenvalue weighted by Crippen LogP contribution is 2.34. The number of fused-ring (bicyclic) bond motifs is 1. The molecule has 0 bridgehead atoms. The summed E-state index contributed by atoms with van der Waals surface area (Å²) < 4.78 is 13.1. The molecule has 2 N–H and O–H groups in total. The molecule has 2 aromatic heterocycles. The maximum absolute atomic E-state index is 10.3. The van der Waals surface area contributed by atoms with Gasteiger partial charge in [-0.3, -0.25) is 4.57 Å². The molecule has 1 aliphatic heterocycles. The summed E-state index contributed by atoms with van der Waals surface area (Å²) in [5.41, 5.74) is 1.08. The fourth-order valence-corrected chi connectivity index (χ4v) is 3.56. The maximum atomic E-state index is 10.3. The van der Waals surface area contributed by atoms with Crippen molar-refractivity contribution in [1.82, 2.24) is 19.5 Å². The van der Waals surface area contributed by atoms with Gasteiger partial charge in [0.1, 0.15) is 23.8 Å². The summed E-state index contributed by atoms with van der Waals surface area (Å²) >= 11 is 6.11. The molecular formula is C15H19ClN4O4. The first-order valence-corrected chi connectivity index (χ1v) is 8.55. The number of rotatable bonds is 4. The largest absolute Gasteiger partial charge is 0.460 e. The molecule has 1 saturated heterocycles. The molecule has 1 aliphatic carbocycles. The van der Waals surface area contributed by atoms with Gasteiger partial charge in [0.25, 0.3) is 0 Å². The first-order valence-electron chi connectivity index (χ1n) is 8.12. The molecular weight excluding hydrogens is 336 g/mol. The van der Waals surface area contributed by atoms with Gasteiger partial charge in [-0.15, -0.1) is 11.6 Å². The molecule has 2 aromatic rings.